The lowest BCUT2D eigenvalue weighted by atomic mass is 10.1. The maximum Gasteiger partial charge on any atom is 0.271 e. The molecule has 0 saturated carbocycles. The van der Waals surface area contributed by atoms with E-state index < -0.39 is 0 Å². The van der Waals surface area contributed by atoms with Gasteiger partial charge in [-0.25, -0.2) is 0 Å². The molecular formula is C19H23N5O2. The Morgan fingerprint density at radius 3 is 2.96 bits per heavy atom. The van der Waals surface area contributed by atoms with E-state index in [9.17, 15) is 9.59 Å². The molecule has 136 valence electrons. The molecule has 1 aliphatic rings. The molecule has 7 nitrogen and oxygen atoms in total. The van der Waals surface area contributed by atoms with Crippen molar-refractivity contribution in [3.05, 3.63) is 58.8 Å². The monoisotopic (exact) mass is 353 g/mol. The van der Waals surface area contributed by atoms with Crippen LogP contribution in [0.5, 0.6) is 0 Å². The van der Waals surface area contributed by atoms with E-state index in [4.69, 9.17) is 5.73 Å². The predicted molar refractivity (Wildman–Crippen MR) is 102 cm³/mol. The van der Waals surface area contributed by atoms with Gasteiger partial charge in [0.2, 0.25) is 5.91 Å². The highest BCUT2D eigenvalue weighted by molar-refractivity contribution is 5.88. The highest BCUT2D eigenvalue weighted by atomic mass is 16.2. The van der Waals surface area contributed by atoms with Crippen LogP contribution in [0, 0.1) is 0 Å². The summed E-state index contributed by atoms with van der Waals surface area (Å²) in [6.07, 6.45) is 7.45. The molecule has 0 atom stereocenters. The Labute approximate surface area is 151 Å². The quantitative estimate of drug-likeness (QED) is 0.676. The number of aryl methyl sites for hydroxylation is 1. The molecule has 7 heteroatoms. The average Bonchev–Trinajstić information content (AvgIpc) is 2.63. The third kappa shape index (κ3) is 4.00. The fraction of sp³-hybridized carbons (Fsp3) is 0.316. The Morgan fingerprint density at radius 1 is 1.42 bits per heavy atom. The summed E-state index contributed by atoms with van der Waals surface area (Å²) in [6, 6.07) is 5.84. The van der Waals surface area contributed by atoms with Crippen molar-refractivity contribution in [3.8, 4) is 11.1 Å². The van der Waals surface area contributed by atoms with Gasteiger partial charge in [-0.3, -0.25) is 14.6 Å². The van der Waals surface area contributed by atoms with Crippen LogP contribution in [0.1, 0.15) is 12.6 Å². The van der Waals surface area contributed by atoms with E-state index in [1.54, 1.807) is 23.4 Å². The number of pyridine rings is 2. The van der Waals surface area contributed by atoms with Gasteiger partial charge in [-0.15, -0.1) is 0 Å². The lowest BCUT2D eigenvalue weighted by molar-refractivity contribution is -0.129. The van der Waals surface area contributed by atoms with Gasteiger partial charge in [0, 0.05) is 49.4 Å². The smallest absolute Gasteiger partial charge is 0.271 e. The van der Waals surface area contributed by atoms with E-state index in [1.807, 2.05) is 18.2 Å². The van der Waals surface area contributed by atoms with Gasteiger partial charge in [0.1, 0.15) is 5.69 Å². The molecule has 1 fully saturated rings. The average molecular weight is 353 g/mol. The van der Waals surface area contributed by atoms with Gasteiger partial charge in [0.15, 0.2) is 0 Å². The lowest BCUT2D eigenvalue weighted by Gasteiger charge is -2.39. The van der Waals surface area contributed by atoms with Crippen LogP contribution in [-0.2, 0) is 11.2 Å². The van der Waals surface area contributed by atoms with Gasteiger partial charge in [-0.05, 0) is 30.2 Å². The number of carbonyl (C=O) groups excluding carboxylic acids is 1. The number of aromatic amines is 1. The number of carbonyl (C=O) groups is 1. The summed E-state index contributed by atoms with van der Waals surface area (Å²) in [5.74, 6) is -0.0555. The maximum atomic E-state index is 12.1. The molecule has 0 spiro atoms. The second-order valence-electron chi connectivity index (χ2n) is 6.24. The first-order valence-corrected chi connectivity index (χ1v) is 8.70. The highest BCUT2D eigenvalue weighted by Gasteiger charge is 2.29. The number of nitrogens with zero attached hydrogens (tertiary/aromatic N) is 2. The summed E-state index contributed by atoms with van der Waals surface area (Å²) >= 11 is 0. The molecule has 4 N–H and O–H groups in total. The zero-order valence-corrected chi connectivity index (χ0v) is 14.7. The van der Waals surface area contributed by atoms with Crippen molar-refractivity contribution in [2.45, 2.75) is 19.4 Å². The van der Waals surface area contributed by atoms with E-state index in [0.29, 0.717) is 25.3 Å². The molecule has 0 aromatic carbocycles. The number of hydrogen-bond donors (Lipinski definition) is 3. The number of amides is 1. The van der Waals surface area contributed by atoms with Crippen molar-refractivity contribution in [1.82, 2.24) is 14.9 Å². The van der Waals surface area contributed by atoms with Crippen molar-refractivity contribution in [2.75, 3.05) is 25.0 Å². The Morgan fingerprint density at radius 2 is 2.23 bits per heavy atom. The van der Waals surface area contributed by atoms with Crippen LogP contribution >= 0.6 is 0 Å². The number of H-pyrrole nitrogens is 1. The zero-order valence-electron chi connectivity index (χ0n) is 14.7. The number of nitrogens with two attached hydrogens (primary N) is 1. The highest BCUT2D eigenvalue weighted by Crippen LogP contribution is 2.21. The van der Waals surface area contributed by atoms with Crippen LogP contribution in [-0.4, -0.2) is 46.5 Å². The van der Waals surface area contributed by atoms with Crippen molar-refractivity contribution >= 4 is 11.6 Å². The van der Waals surface area contributed by atoms with E-state index in [-0.39, 0.29) is 17.5 Å². The summed E-state index contributed by atoms with van der Waals surface area (Å²) in [5, 5.41) is 3.22. The van der Waals surface area contributed by atoms with Crippen molar-refractivity contribution in [3.63, 3.8) is 0 Å². The molecule has 0 bridgehead atoms. The Balaban J connectivity index is 1.69. The van der Waals surface area contributed by atoms with Crippen LogP contribution in [0.25, 0.3) is 11.1 Å². The van der Waals surface area contributed by atoms with Gasteiger partial charge in [-0.2, -0.15) is 0 Å². The van der Waals surface area contributed by atoms with E-state index >= 15 is 0 Å². The molecule has 2 aromatic heterocycles. The number of aromatic nitrogens is 2. The van der Waals surface area contributed by atoms with Crippen LogP contribution in [0.4, 0.5) is 5.69 Å². The molecule has 3 heterocycles. The van der Waals surface area contributed by atoms with Gasteiger partial charge >= 0.3 is 0 Å². The number of likely N-dealkylation sites (tertiary alicyclic amines) is 1. The standard InChI is InChI=1S/C19H23N5O2/c1-2-15-8-13(5-7-21-15)14-9-17(19(26)22-10-14)23-16-11-24(12-16)18(25)4-3-6-20/h3-5,7-10,16,23H,2,6,11-12,20H2,1H3,(H,22,26)/b4-3+. The fourth-order valence-corrected chi connectivity index (χ4v) is 2.85. The number of rotatable bonds is 6. The molecule has 1 saturated heterocycles. The topological polar surface area (TPSA) is 104 Å². The third-order valence-corrected chi connectivity index (χ3v) is 4.36. The molecule has 0 radical (unpaired) electrons. The molecule has 0 unspecified atom stereocenters. The third-order valence-electron chi connectivity index (χ3n) is 4.36. The molecule has 26 heavy (non-hydrogen) atoms. The minimum Gasteiger partial charge on any atom is -0.374 e. The Bertz CT molecular complexity index is 868. The predicted octanol–water partition coefficient (Wildman–Crippen LogP) is 1.14. The molecular weight excluding hydrogens is 330 g/mol. The largest absolute Gasteiger partial charge is 0.374 e. The summed E-state index contributed by atoms with van der Waals surface area (Å²) in [5.41, 5.74) is 8.61. The second kappa shape index (κ2) is 7.97. The minimum absolute atomic E-state index is 0.0555. The van der Waals surface area contributed by atoms with E-state index in [0.717, 1.165) is 23.2 Å². The van der Waals surface area contributed by atoms with E-state index in [2.05, 4.69) is 22.2 Å². The van der Waals surface area contributed by atoms with Crippen LogP contribution in [0.15, 0.2) is 47.5 Å². The molecule has 2 aromatic rings. The second-order valence-corrected chi connectivity index (χ2v) is 6.24. The number of hydrogen-bond acceptors (Lipinski definition) is 5. The first kappa shape index (κ1) is 17.9. The van der Waals surface area contributed by atoms with Gasteiger partial charge in [-0.1, -0.05) is 13.0 Å². The summed E-state index contributed by atoms with van der Waals surface area (Å²) in [7, 11) is 0. The lowest BCUT2D eigenvalue weighted by Crippen LogP contribution is -2.57. The Hall–Kier alpha value is -2.93. The van der Waals surface area contributed by atoms with Crippen LogP contribution in [0.3, 0.4) is 0 Å². The fourth-order valence-electron chi connectivity index (χ4n) is 2.85. The molecule has 1 amide bonds. The first-order chi connectivity index (χ1) is 12.6. The van der Waals surface area contributed by atoms with Crippen molar-refractivity contribution in [1.29, 1.82) is 0 Å². The summed E-state index contributed by atoms with van der Waals surface area (Å²) < 4.78 is 0. The maximum absolute atomic E-state index is 12.1. The Kier molecular flexibility index (Phi) is 5.48. The van der Waals surface area contributed by atoms with Crippen LogP contribution < -0.4 is 16.6 Å². The van der Waals surface area contributed by atoms with E-state index in [1.165, 1.54) is 6.08 Å². The number of nitrogens with one attached hydrogen (secondary N) is 2. The zero-order chi connectivity index (χ0) is 18.5. The first-order valence-electron chi connectivity index (χ1n) is 8.70. The molecule has 3 rings (SSSR count). The number of anilines is 1. The van der Waals surface area contributed by atoms with Crippen molar-refractivity contribution in [2.24, 2.45) is 5.73 Å². The molecule has 0 aliphatic carbocycles. The molecule has 1 aliphatic heterocycles. The van der Waals surface area contributed by atoms with Crippen LogP contribution in [0.2, 0.25) is 0 Å². The summed E-state index contributed by atoms with van der Waals surface area (Å²) in [6.45, 7) is 3.52. The normalized spacial score (nSPS) is 14.5. The SMILES string of the molecule is CCc1cc(-c2c[nH]c(=O)c(NC3CN(C(=O)/C=C/CN)C3)c2)ccn1. The van der Waals surface area contributed by atoms with Gasteiger partial charge in [0.25, 0.3) is 5.56 Å². The van der Waals surface area contributed by atoms with Crippen molar-refractivity contribution < 1.29 is 4.79 Å². The van der Waals surface area contributed by atoms with Gasteiger partial charge < -0.3 is 20.9 Å². The minimum atomic E-state index is -0.175. The summed E-state index contributed by atoms with van der Waals surface area (Å²) in [4.78, 5) is 32.7. The van der Waals surface area contributed by atoms with Gasteiger partial charge in [0.05, 0.1) is 6.04 Å².